The monoisotopic (exact) mass is 468 g/mol. The van der Waals surface area contributed by atoms with E-state index < -0.39 is 5.79 Å². The first-order valence-corrected chi connectivity index (χ1v) is 10.4. The summed E-state index contributed by atoms with van der Waals surface area (Å²) in [7, 11) is 0. The van der Waals surface area contributed by atoms with Gasteiger partial charge in [-0.05, 0) is 32.9 Å². The first-order chi connectivity index (χ1) is 14.2. The maximum Gasteiger partial charge on any atom is 0.227 e. The molecule has 0 bridgehead atoms. The minimum absolute atomic E-state index is 0.157. The molecule has 0 aliphatic carbocycles. The largest absolute Gasteiger partial charge is 0.474 e. The van der Waals surface area contributed by atoms with E-state index in [1.54, 1.807) is 29.7 Å². The second-order valence-electron chi connectivity index (χ2n) is 7.45. The summed E-state index contributed by atoms with van der Waals surface area (Å²) in [4.78, 5) is 17.2. The lowest BCUT2D eigenvalue weighted by atomic mass is 10.2. The Balaban J connectivity index is 1.86. The summed E-state index contributed by atoms with van der Waals surface area (Å²) in [5.74, 6) is -0.515. The smallest absolute Gasteiger partial charge is 0.227 e. The van der Waals surface area contributed by atoms with Crippen LogP contribution in [0.2, 0.25) is 15.1 Å². The maximum atomic E-state index is 12.9. The second kappa shape index (κ2) is 8.02. The Kier molecular flexibility index (Phi) is 5.72. The van der Waals surface area contributed by atoms with Crippen molar-refractivity contribution in [3.8, 4) is 11.6 Å². The van der Waals surface area contributed by atoms with E-state index in [-0.39, 0.29) is 34.4 Å². The molecule has 158 valence electrons. The number of halogens is 3. The van der Waals surface area contributed by atoms with Crippen molar-refractivity contribution in [2.75, 3.05) is 13.2 Å². The number of aryl methyl sites for hydroxylation is 1. The predicted octanol–water partition coefficient (Wildman–Crippen LogP) is 5.18. The lowest BCUT2D eigenvalue weighted by molar-refractivity contribution is -0.141. The molecule has 1 aliphatic heterocycles. The van der Waals surface area contributed by atoms with Crippen molar-refractivity contribution in [2.24, 2.45) is 0 Å². The van der Waals surface area contributed by atoms with Crippen molar-refractivity contribution in [3.05, 3.63) is 61.4 Å². The number of benzene rings is 1. The van der Waals surface area contributed by atoms with Gasteiger partial charge >= 0.3 is 0 Å². The quantitative estimate of drug-likeness (QED) is 0.526. The molecule has 30 heavy (non-hydrogen) atoms. The molecule has 1 saturated heterocycles. The average molecular weight is 470 g/mol. The number of hydrogen-bond donors (Lipinski definition) is 0. The fraction of sp³-hybridized carbons (Fsp3) is 0.333. The molecule has 1 unspecified atom stereocenters. The highest BCUT2D eigenvalue weighted by molar-refractivity contribution is 6.38. The van der Waals surface area contributed by atoms with E-state index in [0.717, 1.165) is 0 Å². The molecule has 1 aliphatic rings. The number of hydrogen-bond acceptors (Lipinski definition) is 5. The highest BCUT2D eigenvalue weighted by atomic mass is 35.5. The van der Waals surface area contributed by atoms with E-state index in [2.05, 4.69) is 4.98 Å². The molecule has 0 amide bonds. The normalized spacial score (nSPS) is 18.1. The zero-order chi connectivity index (χ0) is 21.6. The number of para-hydroxylation sites is 1. The van der Waals surface area contributed by atoms with Crippen LogP contribution in [0, 0.1) is 6.92 Å². The van der Waals surface area contributed by atoms with E-state index in [0.29, 0.717) is 33.6 Å². The van der Waals surface area contributed by atoms with Crippen LogP contribution in [-0.2, 0) is 9.47 Å². The lowest BCUT2D eigenvalue weighted by Gasteiger charge is -2.20. The summed E-state index contributed by atoms with van der Waals surface area (Å²) in [5, 5.41) is 1.35. The van der Waals surface area contributed by atoms with Crippen molar-refractivity contribution in [2.45, 2.75) is 32.7 Å². The van der Waals surface area contributed by atoms with Crippen LogP contribution >= 0.6 is 34.8 Å². The Labute approximate surface area is 188 Å². The first-order valence-electron chi connectivity index (χ1n) is 9.28. The minimum atomic E-state index is -0.672. The van der Waals surface area contributed by atoms with Crippen molar-refractivity contribution in [1.82, 2.24) is 9.55 Å². The molecular weight excluding hydrogens is 451 g/mol. The molecule has 6 nitrogen and oxygen atoms in total. The molecule has 1 fully saturated rings. The molecular formula is C21H19Cl3N2O4. The molecule has 4 rings (SSSR count). The molecule has 9 heteroatoms. The van der Waals surface area contributed by atoms with E-state index in [1.807, 2.05) is 13.8 Å². The van der Waals surface area contributed by atoms with Gasteiger partial charge < -0.3 is 18.8 Å². The Morgan fingerprint density at radius 3 is 2.57 bits per heavy atom. The number of ether oxygens (including phenoxy) is 3. The van der Waals surface area contributed by atoms with Gasteiger partial charge in [0, 0.05) is 11.8 Å². The van der Waals surface area contributed by atoms with Gasteiger partial charge in [-0.3, -0.25) is 4.79 Å². The van der Waals surface area contributed by atoms with Gasteiger partial charge in [-0.2, -0.15) is 0 Å². The van der Waals surface area contributed by atoms with Gasteiger partial charge in [0.2, 0.25) is 5.88 Å². The Bertz CT molecular complexity index is 1170. The van der Waals surface area contributed by atoms with Gasteiger partial charge in [0.05, 0.1) is 39.1 Å². The summed E-state index contributed by atoms with van der Waals surface area (Å²) in [6.07, 6.45) is 1.16. The molecule has 1 atom stereocenters. The number of nitrogens with zero attached hydrogens (tertiary/aromatic N) is 2. The SMILES string of the molecule is Cc1cc(=O)c2c(OCC3COC(C)(C)O3)ncc(Cl)c2n1-c1c(Cl)cccc1Cl. The van der Waals surface area contributed by atoms with Crippen LogP contribution in [0.4, 0.5) is 0 Å². The van der Waals surface area contributed by atoms with Crippen LogP contribution in [0.5, 0.6) is 5.88 Å². The zero-order valence-corrected chi connectivity index (χ0v) is 18.8. The number of fused-ring (bicyclic) bond motifs is 1. The van der Waals surface area contributed by atoms with Gasteiger partial charge in [0.25, 0.3) is 0 Å². The summed E-state index contributed by atoms with van der Waals surface area (Å²) in [5.41, 5.74) is 1.30. The van der Waals surface area contributed by atoms with Crippen LogP contribution in [0.25, 0.3) is 16.6 Å². The van der Waals surface area contributed by atoms with Gasteiger partial charge in [0.1, 0.15) is 18.1 Å². The van der Waals surface area contributed by atoms with Crippen molar-refractivity contribution < 1.29 is 14.2 Å². The first kappa shape index (κ1) is 21.4. The fourth-order valence-corrected chi connectivity index (χ4v) is 4.32. The summed E-state index contributed by atoms with van der Waals surface area (Å²) < 4.78 is 18.9. The van der Waals surface area contributed by atoms with Crippen LogP contribution in [0.15, 0.2) is 35.3 Å². The Morgan fingerprint density at radius 1 is 1.23 bits per heavy atom. The average Bonchev–Trinajstić information content (AvgIpc) is 3.02. The van der Waals surface area contributed by atoms with E-state index in [1.165, 1.54) is 12.3 Å². The predicted molar refractivity (Wildman–Crippen MR) is 118 cm³/mol. The van der Waals surface area contributed by atoms with Crippen molar-refractivity contribution in [1.29, 1.82) is 0 Å². The van der Waals surface area contributed by atoms with Crippen LogP contribution in [0.1, 0.15) is 19.5 Å². The standard InChI is InChI=1S/C21H19Cl3N2O4/c1-11-7-16(27)17-19(26(11)18-13(22)5-4-6-14(18)23)15(24)8-25-20(17)28-9-12-10-29-21(2,3)30-12/h4-8,12H,9-10H2,1-3H3. The molecule has 3 heterocycles. The highest BCUT2D eigenvalue weighted by Crippen LogP contribution is 2.36. The van der Waals surface area contributed by atoms with E-state index >= 15 is 0 Å². The van der Waals surface area contributed by atoms with Gasteiger partial charge in [0.15, 0.2) is 11.2 Å². The van der Waals surface area contributed by atoms with E-state index in [4.69, 9.17) is 49.0 Å². The molecule has 0 spiro atoms. The van der Waals surface area contributed by atoms with Crippen LogP contribution in [0.3, 0.4) is 0 Å². The van der Waals surface area contributed by atoms with Gasteiger partial charge in [-0.25, -0.2) is 4.98 Å². The topological polar surface area (TPSA) is 62.6 Å². The summed E-state index contributed by atoms with van der Waals surface area (Å²) in [6, 6.07) is 6.66. The third-order valence-corrected chi connectivity index (χ3v) is 5.66. The molecule has 0 radical (unpaired) electrons. The van der Waals surface area contributed by atoms with Crippen LogP contribution in [-0.4, -0.2) is 34.7 Å². The van der Waals surface area contributed by atoms with E-state index in [9.17, 15) is 4.79 Å². The minimum Gasteiger partial charge on any atom is -0.474 e. The third-order valence-electron chi connectivity index (χ3n) is 4.77. The van der Waals surface area contributed by atoms with Gasteiger partial charge in [-0.1, -0.05) is 40.9 Å². The molecule has 2 aromatic heterocycles. The Morgan fingerprint density at radius 2 is 1.93 bits per heavy atom. The zero-order valence-electron chi connectivity index (χ0n) is 16.5. The molecule has 0 saturated carbocycles. The Hall–Kier alpha value is -1.83. The number of aromatic nitrogens is 2. The van der Waals surface area contributed by atoms with Crippen molar-refractivity contribution >= 4 is 45.7 Å². The highest BCUT2D eigenvalue weighted by Gasteiger charge is 2.33. The molecule has 3 aromatic rings. The fourth-order valence-electron chi connectivity index (χ4n) is 3.52. The number of rotatable bonds is 4. The maximum absolute atomic E-state index is 12.9. The summed E-state index contributed by atoms with van der Waals surface area (Å²) >= 11 is 19.4. The van der Waals surface area contributed by atoms with Crippen molar-refractivity contribution in [3.63, 3.8) is 0 Å². The van der Waals surface area contributed by atoms with Crippen LogP contribution < -0.4 is 10.2 Å². The second-order valence-corrected chi connectivity index (χ2v) is 8.67. The number of pyridine rings is 2. The molecule has 1 aromatic carbocycles. The van der Waals surface area contributed by atoms with Gasteiger partial charge in [-0.15, -0.1) is 0 Å². The third kappa shape index (κ3) is 3.90. The summed E-state index contributed by atoms with van der Waals surface area (Å²) in [6.45, 7) is 6.00. The lowest BCUT2D eigenvalue weighted by Crippen LogP contribution is -2.25. The molecule has 0 N–H and O–H groups in total.